The quantitative estimate of drug-likeness (QED) is 0.599. The lowest BCUT2D eigenvalue weighted by atomic mass is 10.2. The average molecular weight is 394 g/mol. The first-order valence-corrected chi connectivity index (χ1v) is 9.12. The van der Waals surface area contributed by atoms with E-state index in [1.165, 1.54) is 11.8 Å². The maximum Gasteiger partial charge on any atom is 0.264 e. The second-order valence-electron chi connectivity index (χ2n) is 5.58. The fourth-order valence-electron chi connectivity index (χ4n) is 2.42. The minimum Gasteiger partial charge on any atom is -0.497 e. The van der Waals surface area contributed by atoms with Gasteiger partial charge in [0.2, 0.25) is 0 Å². The number of amidine groups is 1. The van der Waals surface area contributed by atoms with Crippen LogP contribution in [0.4, 0.5) is 5.69 Å². The molecule has 0 aromatic heterocycles. The van der Waals surface area contributed by atoms with Gasteiger partial charge in [0.15, 0.2) is 16.7 Å². The lowest BCUT2D eigenvalue weighted by molar-refractivity contribution is -0.115. The summed E-state index contributed by atoms with van der Waals surface area (Å²) >= 11 is 1.27. The number of rotatable bonds is 6. The number of ether oxygens (including phenoxy) is 3. The number of nitrogens with zero attached hydrogens (tertiary/aromatic N) is 1. The molecular weight excluding hydrogens is 376 g/mol. The Balaban J connectivity index is 1.78. The van der Waals surface area contributed by atoms with Crippen molar-refractivity contribution >= 4 is 34.6 Å². The first-order chi connectivity index (χ1) is 13.6. The van der Waals surface area contributed by atoms with Crippen LogP contribution in [0.2, 0.25) is 0 Å². The molecule has 1 aliphatic heterocycles. The normalized spacial score (nSPS) is 16.0. The summed E-state index contributed by atoms with van der Waals surface area (Å²) in [6, 6.07) is 12.6. The number of terminal acetylenes is 1. The van der Waals surface area contributed by atoms with Crippen LogP contribution in [-0.2, 0) is 4.79 Å². The smallest absolute Gasteiger partial charge is 0.264 e. The van der Waals surface area contributed by atoms with Crippen LogP contribution in [0.15, 0.2) is 52.4 Å². The summed E-state index contributed by atoms with van der Waals surface area (Å²) in [5.41, 5.74) is 1.52. The number of hydrogen-bond acceptors (Lipinski definition) is 6. The molecule has 0 atom stereocenters. The molecule has 0 spiro atoms. The second kappa shape index (κ2) is 9.02. The number of amides is 1. The molecule has 1 N–H and O–H groups in total. The molecule has 0 bridgehead atoms. The summed E-state index contributed by atoms with van der Waals surface area (Å²) in [7, 11) is 3.15. The first-order valence-electron chi connectivity index (χ1n) is 8.31. The number of aliphatic imine (C=N–C) groups is 1. The van der Waals surface area contributed by atoms with Crippen molar-refractivity contribution in [3.05, 3.63) is 52.9 Å². The molecule has 7 heteroatoms. The molecule has 0 saturated carbocycles. The van der Waals surface area contributed by atoms with Gasteiger partial charge in [-0.25, -0.2) is 4.99 Å². The van der Waals surface area contributed by atoms with Gasteiger partial charge in [0.1, 0.15) is 12.4 Å². The molecule has 1 saturated heterocycles. The largest absolute Gasteiger partial charge is 0.497 e. The summed E-state index contributed by atoms with van der Waals surface area (Å²) in [6.07, 6.45) is 6.98. The summed E-state index contributed by atoms with van der Waals surface area (Å²) in [5.74, 6) is 4.04. The van der Waals surface area contributed by atoms with Crippen LogP contribution in [0.5, 0.6) is 17.2 Å². The predicted octanol–water partition coefficient (Wildman–Crippen LogP) is 3.61. The number of nitrogens with one attached hydrogen (secondary N) is 1. The highest BCUT2D eigenvalue weighted by molar-refractivity contribution is 8.18. The van der Waals surface area contributed by atoms with Crippen molar-refractivity contribution in [1.82, 2.24) is 5.32 Å². The highest BCUT2D eigenvalue weighted by Gasteiger charge is 2.24. The molecule has 0 radical (unpaired) electrons. The molecule has 28 heavy (non-hydrogen) atoms. The van der Waals surface area contributed by atoms with Crippen molar-refractivity contribution in [3.63, 3.8) is 0 Å². The standard InChI is InChI=1S/C21H18N2O4S/c1-4-11-27-17-10-5-14(12-18(17)26-3)13-19-20(24)23-21(28-19)22-15-6-8-16(25-2)9-7-15/h1,5-10,12-13H,11H2,2-3H3,(H,22,23,24)/b19-13+. The van der Waals surface area contributed by atoms with Gasteiger partial charge in [0, 0.05) is 0 Å². The second-order valence-corrected chi connectivity index (χ2v) is 6.61. The van der Waals surface area contributed by atoms with E-state index in [0.29, 0.717) is 21.6 Å². The van der Waals surface area contributed by atoms with E-state index in [0.717, 1.165) is 17.0 Å². The van der Waals surface area contributed by atoms with Crippen LogP contribution >= 0.6 is 11.8 Å². The highest BCUT2D eigenvalue weighted by atomic mass is 32.2. The molecule has 1 amide bonds. The fraction of sp³-hybridized carbons (Fsp3) is 0.143. The zero-order chi connectivity index (χ0) is 19.9. The van der Waals surface area contributed by atoms with Crippen LogP contribution < -0.4 is 19.5 Å². The van der Waals surface area contributed by atoms with Gasteiger partial charge in [-0.05, 0) is 59.8 Å². The number of hydrogen-bond donors (Lipinski definition) is 1. The maximum absolute atomic E-state index is 12.3. The summed E-state index contributed by atoms with van der Waals surface area (Å²) in [5, 5.41) is 3.28. The molecule has 1 fully saturated rings. The molecule has 1 aliphatic rings. The fourth-order valence-corrected chi connectivity index (χ4v) is 3.26. The van der Waals surface area contributed by atoms with Crippen molar-refractivity contribution < 1.29 is 19.0 Å². The van der Waals surface area contributed by atoms with Gasteiger partial charge >= 0.3 is 0 Å². The van der Waals surface area contributed by atoms with Crippen molar-refractivity contribution in [2.75, 3.05) is 20.8 Å². The van der Waals surface area contributed by atoms with E-state index < -0.39 is 0 Å². The Labute approximate surface area is 167 Å². The zero-order valence-electron chi connectivity index (χ0n) is 15.4. The minimum atomic E-state index is -0.205. The third-order valence-corrected chi connectivity index (χ3v) is 4.66. The van der Waals surface area contributed by atoms with Crippen LogP contribution in [0.3, 0.4) is 0 Å². The number of benzene rings is 2. The van der Waals surface area contributed by atoms with Gasteiger partial charge < -0.3 is 19.5 Å². The third-order valence-electron chi connectivity index (χ3n) is 3.75. The van der Waals surface area contributed by atoms with Crippen LogP contribution in [-0.4, -0.2) is 31.9 Å². The van der Waals surface area contributed by atoms with E-state index in [4.69, 9.17) is 20.6 Å². The number of carbonyl (C=O) groups is 1. The molecule has 1 heterocycles. The SMILES string of the molecule is C#CCOc1ccc(/C=C2/SC(=Nc3ccc(OC)cc3)NC2=O)cc1OC. The molecule has 2 aromatic rings. The van der Waals surface area contributed by atoms with E-state index in [9.17, 15) is 4.79 Å². The Kier molecular flexibility index (Phi) is 6.25. The van der Waals surface area contributed by atoms with Gasteiger partial charge in [-0.3, -0.25) is 4.79 Å². The first kappa shape index (κ1) is 19.4. The van der Waals surface area contributed by atoms with Crippen LogP contribution in [0.25, 0.3) is 6.08 Å². The lowest BCUT2D eigenvalue weighted by Crippen LogP contribution is -2.19. The summed E-state index contributed by atoms with van der Waals surface area (Å²) in [6.45, 7) is 0.153. The van der Waals surface area contributed by atoms with E-state index in [1.807, 2.05) is 30.3 Å². The zero-order valence-corrected chi connectivity index (χ0v) is 16.2. The molecule has 6 nitrogen and oxygen atoms in total. The molecule has 0 unspecified atom stereocenters. The van der Waals surface area contributed by atoms with Gasteiger partial charge in [-0.15, -0.1) is 6.42 Å². The molecule has 0 aliphatic carbocycles. The van der Waals surface area contributed by atoms with Gasteiger partial charge in [0.05, 0.1) is 24.8 Å². The Hall–Kier alpha value is -3.37. The third kappa shape index (κ3) is 4.67. The topological polar surface area (TPSA) is 69.2 Å². The van der Waals surface area contributed by atoms with Gasteiger partial charge in [-0.2, -0.15) is 0 Å². The lowest BCUT2D eigenvalue weighted by Gasteiger charge is -2.09. The Bertz CT molecular complexity index is 975. The van der Waals surface area contributed by atoms with Crippen molar-refractivity contribution in [3.8, 4) is 29.6 Å². The van der Waals surface area contributed by atoms with E-state index in [2.05, 4.69) is 16.2 Å². The number of thioether (sulfide) groups is 1. The molecule has 2 aromatic carbocycles. The average Bonchev–Trinajstić information content (AvgIpc) is 3.06. The van der Waals surface area contributed by atoms with Crippen molar-refractivity contribution in [2.45, 2.75) is 0 Å². The van der Waals surface area contributed by atoms with E-state index >= 15 is 0 Å². The van der Waals surface area contributed by atoms with Crippen LogP contribution in [0, 0.1) is 12.3 Å². The van der Waals surface area contributed by atoms with E-state index in [1.54, 1.807) is 32.4 Å². The monoisotopic (exact) mass is 394 g/mol. The molecule has 142 valence electrons. The Morgan fingerprint density at radius 1 is 1.14 bits per heavy atom. The minimum absolute atomic E-state index is 0.153. The van der Waals surface area contributed by atoms with Crippen molar-refractivity contribution in [2.24, 2.45) is 4.99 Å². The molecular formula is C21H18N2O4S. The van der Waals surface area contributed by atoms with Gasteiger partial charge in [0.25, 0.3) is 5.91 Å². The summed E-state index contributed by atoms with van der Waals surface area (Å²) in [4.78, 5) is 17.2. The predicted molar refractivity (Wildman–Crippen MR) is 111 cm³/mol. The van der Waals surface area contributed by atoms with Gasteiger partial charge in [-0.1, -0.05) is 12.0 Å². The number of methoxy groups -OCH3 is 2. The van der Waals surface area contributed by atoms with Crippen LogP contribution in [0.1, 0.15) is 5.56 Å². The Morgan fingerprint density at radius 2 is 1.93 bits per heavy atom. The summed E-state index contributed by atoms with van der Waals surface area (Å²) < 4.78 is 15.9. The molecule has 3 rings (SSSR count). The maximum atomic E-state index is 12.3. The number of carbonyl (C=O) groups excluding carboxylic acids is 1. The van der Waals surface area contributed by atoms with E-state index in [-0.39, 0.29) is 12.5 Å². The van der Waals surface area contributed by atoms with Crippen molar-refractivity contribution in [1.29, 1.82) is 0 Å². The Morgan fingerprint density at radius 3 is 2.61 bits per heavy atom. The highest BCUT2D eigenvalue weighted by Crippen LogP contribution is 2.32.